The van der Waals surface area contributed by atoms with Crippen LogP contribution in [0.2, 0.25) is 0 Å². The van der Waals surface area contributed by atoms with Gasteiger partial charge in [0.05, 0.1) is 26.2 Å². The van der Waals surface area contributed by atoms with Gasteiger partial charge in [-0.05, 0) is 83.5 Å². The number of quaternary nitrogens is 1. The highest BCUT2D eigenvalue weighted by Gasteiger charge is 2.26. The molecule has 0 unspecified atom stereocenters. The number of hydrogen-bond acceptors (Lipinski definition) is 4. The van der Waals surface area contributed by atoms with Crippen molar-refractivity contribution in [2.24, 2.45) is 0 Å². The molecule has 0 amide bonds. The molecule has 0 saturated heterocycles. The minimum absolute atomic E-state index is 0.0617. The predicted octanol–water partition coefficient (Wildman–Crippen LogP) is 6.88. The largest absolute Gasteiger partial charge is 0.550 e. The fourth-order valence-corrected chi connectivity index (χ4v) is 5.35. The van der Waals surface area contributed by atoms with Gasteiger partial charge in [0, 0.05) is 18.8 Å². The van der Waals surface area contributed by atoms with E-state index in [2.05, 4.69) is 19.1 Å². The lowest BCUT2D eigenvalue weighted by molar-refractivity contribution is -0.929. The Morgan fingerprint density at radius 2 is 0.897 bits per heavy atom. The third-order valence-electron chi connectivity index (χ3n) is 7.70. The minimum atomic E-state index is -1.02. The summed E-state index contributed by atoms with van der Waals surface area (Å²) < 4.78 is 0.843. The molecule has 0 bridgehead atoms. The molecule has 0 aliphatic heterocycles. The zero-order valence-corrected chi connectivity index (χ0v) is 25.0. The molecule has 0 aromatic carbocycles. The SMILES string of the molecule is CCCCCCC/C=C/CCCCCCCC[N+](CCCCC(=O)[O-])(CCCCC(=O)O)CCCCC(=O)O. The highest BCUT2D eigenvalue weighted by Crippen LogP contribution is 2.19. The van der Waals surface area contributed by atoms with Crippen molar-refractivity contribution in [3.8, 4) is 0 Å². The van der Waals surface area contributed by atoms with Crippen LogP contribution in [0.1, 0.15) is 148 Å². The molecule has 0 aromatic rings. The van der Waals surface area contributed by atoms with Crippen LogP contribution in [0.5, 0.6) is 0 Å². The molecule has 0 aliphatic rings. The molecule has 228 valence electrons. The molecule has 2 N–H and O–H groups in total. The third-order valence-corrected chi connectivity index (χ3v) is 7.70. The van der Waals surface area contributed by atoms with Crippen molar-refractivity contribution in [3.05, 3.63) is 12.2 Å². The highest BCUT2D eigenvalue weighted by atomic mass is 16.4. The van der Waals surface area contributed by atoms with Crippen LogP contribution >= 0.6 is 0 Å². The van der Waals surface area contributed by atoms with Gasteiger partial charge in [0.15, 0.2) is 0 Å². The first-order valence-electron chi connectivity index (χ1n) is 15.9. The summed E-state index contributed by atoms with van der Waals surface area (Å²) in [5, 5.41) is 28.9. The van der Waals surface area contributed by atoms with E-state index in [0.29, 0.717) is 19.3 Å². The second-order valence-corrected chi connectivity index (χ2v) is 11.4. The predicted molar refractivity (Wildman–Crippen MR) is 156 cm³/mol. The van der Waals surface area contributed by atoms with Crippen LogP contribution < -0.4 is 5.11 Å². The van der Waals surface area contributed by atoms with Gasteiger partial charge >= 0.3 is 11.9 Å². The van der Waals surface area contributed by atoms with Gasteiger partial charge in [0.2, 0.25) is 0 Å². The molecule has 7 nitrogen and oxygen atoms in total. The van der Waals surface area contributed by atoms with E-state index in [4.69, 9.17) is 10.2 Å². The lowest BCUT2D eigenvalue weighted by Gasteiger charge is -2.39. The fraction of sp³-hybridized carbons (Fsp3) is 0.844. The number of carbonyl (C=O) groups is 3. The van der Waals surface area contributed by atoms with Gasteiger partial charge in [-0.3, -0.25) is 9.59 Å². The van der Waals surface area contributed by atoms with E-state index in [1.165, 1.54) is 70.6 Å². The Balaban J connectivity index is 4.52. The quantitative estimate of drug-likeness (QED) is 0.0569. The Kier molecular flexibility index (Phi) is 25.1. The number of unbranched alkanes of at least 4 members (excludes halogenated alkanes) is 14. The smallest absolute Gasteiger partial charge is 0.303 e. The Labute approximate surface area is 238 Å². The second-order valence-electron chi connectivity index (χ2n) is 11.4. The first-order chi connectivity index (χ1) is 18.8. The zero-order valence-electron chi connectivity index (χ0n) is 25.0. The molecule has 0 rings (SSSR count). The average molecular weight is 554 g/mol. The van der Waals surface area contributed by atoms with Gasteiger partial charge in [-0.1, -0.05) is 64.0 Å². The molecule has 0 aromatic heterocycles. The van der Waals surface area contributed by atoms with Crippen molar-refractivity contribution in [1.82, 2.24) is 0 Å². The summed E-state index contributed by atoms with van der Waals surface area (Å²) in [4.78, 5) is 32.8. The van der Waals surface area contributed by atoms with Crippen molar-refractivity contribution in [2.75, 3.05) is 26.2 Å². The van der Waals surface area contributed by atoms with Gasteiger partial charge in [0.1, 0.15) is 0 Å². The molecular weight excluding hydrogens is 494 g/mol. The van der Waals surface area contributed by atoms with E-state index in [0.717, 1.165) is 62.8 Å². The summed E-state index contributed by atoms with van der Waals surface area (Å²) in [5.74, 6) is -2.57. The maximum Gasteiger partial charge on any atom is 0.303 e. The maximum atomic E-state index is 11.0. The lowest BCUT2D eigenvalue weighted by atomic mass is 10.1. The topological polar surface area (TPSA) is 115 Å². The zero-order chi connectivity index (χ0) is 29.0. The highest BCUT2D eigenvalue weighted by molar-refractivity contribution is 5.66. The van der Waals surface area contributed by atoms with Crippen LogP contribution in [-0.2, 0) is 14.4 Å². The summed E-state index contributed by atoms with van der Waals surface area (Å²) in [5.41, 5.74) is 0. The number of carboxylic acid groups (broad SMARTS) is 3. The van der Waals surface area contributed by atoms with E-state index in [1.54, 1.807) is 0 Å². The summed E-state index contributed by atoms with van der Waals surface area (Å²) in [7, 11) is 0. The maximum absolute atomic E-state index is 11.0. The van der Waals surface area contributed by atoms with Crippen molar-refractivity contribution in [1.29, 1.82) is 0 Å². The number of carbonyl (C=O) groups excluding carboxylic acids is 1. The molecule has 0 radical (unpaired) electrons. The van der Waals surface area contributed by atoms with E-state index >= 15 is 0 Å². The van der Waals surface area contributed by atoms with Gasteiger partial charge < -0.3 is 24.6 Å². The normalized spacial score (nSPS) is 11.8. The van der Waals surface area contributed by atoms with Crippen LogP contribution in [-0.4, -0.2) is 58.8 Å². The molecule has 0 spiro atoms. The van der Waals surface area contributed by atoms with Crippen LogP contribution in [0.25, 0.3) is 0 Å². The second kappa shape index (κ2) is 26.3. The fourth-order valence-electron chi connectivity index (χ4n) is 5.35. The van der Waals surface area contributed by atoms with Gasteiger partial charge in [0.25, 0.3) is 0 Å². The summed E-state index contributed by atoms with van der Waals surface area (Å²) in [6.07, 6.45) is 25.7. The van der Waals surface area contributed by atoms with Crippen LogP contribution in [0.3, 0.4) is 0 Å². The lowest BCUT2D eigenvalue weighted by Crippen LogP contribution is -2.51. The molecule has 0 fully saturated rings. The molecule has 0 heterocycles. The van der Waals surface area contributed by atoms with Crippen molar-refractivity contribution in [3.63, 3.8) is 0 Å². The molecule has 39 heavy (non-hydrogen) atoms. The number of aliphatic carboxylic acids is 3. The van der Waals surface area contributed by atoms with Crippen LogP contribution in [0, 0.1) is 0 Å². The molecule has 0 atom stereocenters. The van der Waals surface area contributed by atoms with Gasteiger partial charge in [-0.25, -0.2) is 0 Å². The van der Waals surface area contributed by atoms with Crippen LogP contribution in [0.4, 0.5) is 0 Å². The Bertz CT molecular complexity index is 594. The monoisotopic (exact) mass is 553 g/mol. The van der Waals surface area contributed by atoms with E-state index < -0.39 is 17.9 Å². The number of hydrogen-bond donors (Lipinski definition) is 2. The average Bonchev–Trinajstić information content (AvgIpc) is 2.89. The summed E-state index contributed by atoms with van der Waals surface area (Å²) >= 11 is 0. The molecular formula is C32H59NO6. The Hall–Kier alpha value is -1.89. The number of nitrogens with zero attached hydrogens (tertiary/aromatic N) is 1. The Morgan fingerprint density at radius 3 is 1.31 bits per heavy atom. The number of carboxylic acids is 3. The first kappa shape index (κ1) is 37.1. The molecule has 0 saturated carbocycles. The van der Waals surface area contributed by atoms with Crippen molar-refractivity contribution < 1.29 is 34.2 Å². The van der Waals surface area contributed by atoms with E-state index in [9.17, 15) is 19.5 Å². The first-order valence-corrected chi connectivity index (χ1v) is 15.9. The summed E-state index contributed by atoms with van der Waals surface area (Å²) in [6.45, 7) is 5.84. The minimum Gasteiger partial charge on any atom is -0.550 e. The number of allylic oxidation sites excluding steroid dienone is 2. The molecule has 0 aliphatic carbocycles. The molecule has 7 heteroatoms. The van der Waals surface area contributed by atoms with E-state index in [1.807, 2.05) is 0 Å². The van der Waals surface area contributed by atoms with Crippen molar-refractivity contribution in [2.45, 2.75) is 148 Å². The van der Waals surface area contributed by atoms with Gasteiger partial charge in [-0.15, -0.1) is 0 Å². The summed E-state index contributed by atoms with van der Waals surface area (Å²) in [6, 6.07) is 0. The van der Waals surface area contributed by atoms with Gasteiger partial charge in [-0.2, -0.15) is 0 Å². The van der Waals surface area contributed by atoms with Crippen LogP contribution in [0.15, 0.2) is 12.2 Å². The Morgan fingerprint density at radius 1 is 0.538 bits per heavy atom. The third kappa shape index (κ3) is 26.1. The standard InChI is InChI=1S/C32H59NO6/c1-2-3-4-5-6-7-8-9-10-11-12-13-14-15-19-26-33(27-20-16-23-30(34)35,28-21-17-24-31(36)37)29-22-18-25-32(38)39/h8-9H,2-7,10-29H2,1H3,(H2-,34,35,36,37,38,39)/b9-8+. The number of rotatable bonds is 30. The van der Waals surface area contributed by atoms with E-state index in [-0.39, 0.29) is 19.3 Å². The van der Waals surface area contributed by atoms with Crippen molar-refractivity contribution >= 4 is 17.9 Å².